The van der Waals surface area contributed by atoms with E-state index in [2.05, 4.69) is 12.1 Å². The predicted octanol–water partition coefficient (Wildman–Crippen LogP) is 6.81. The van der Waals surface area contributed by atoms with Crippen molar-refractivity contribution < 1.29 is 22.8 Å². The zero-order valence-electron chi connectivity index (χ0n) is 16.1. The Hall–Kier alpha value is -2.54. The molecule has 0 radical (unpaired) electrons. The smallest absolute Gasteiger partial charge is 0.416 e. The van der Waals surface area contributed by atoms with Gasteiger partial charge in [-0.3, -0.25) is 0 Å². The molecule has 0 aliphatic carbocycles. The van der Waals surface area contributed by atoms with Crippen LogP contribution >= 0.6 is 11.3 Å². The third-order valence-corrected chi connectivity index (χ3v) is 6.41. The van der Waals surface area contributed by atoms with Gasteiger partial charge in [0.25, 0.3) is 0 Å². The Balaban J connectivity index is 1.68. The van der Waals surface area contributed by atoms with Gasteiger partial charge in [0.2, 0.25) is 0 Å². The van der Waals surface area contributed by atoms with Crippen molar-refractivity contribution in [2.75, 3.05) is 0 Å². The molecule has 7 heteroatoms. The number of phenols is 1. The van der Waals surface area contributed by atoms with Gasteiger partial charge in [0.05, 0.1) is 11.3 Å². The first-order valence-corrected chi connectivity index (χ1v) is 10.3. The number of fused-ring (bicyclic) bond motifs is 2. The first kappa shape index (κ1) is 19.8. The van der Waals surface area contributed by atoms with Crippen molar-refractivity contribution in [1.82, 2.24) is 5.16 Å². The third-order valence-electron chi connectivity index (χ3n) is 5.16. The summed E-state index contributed by atoms with van der Waals surface area (Å²) in [6, 6.07) is 7.42. The van der Waals surface area contributed by atoms with E-state index in [0.29, 0.717) is 23.1 Å². The summed E-state index contributed by atoms with van der Waals surface area (Å²) in [5.41, 5.74) is 2.58. The van der Waals surface area contributed by atoms with Crippen molar-refractivity contribution in [3.63, 3.8) is 0 Å². The lowest BCUT2D eigenvalue weighted by Gasteiger charge is -2.06. The van der Waals surface area contributed by atoms with E-state index in [0.717, 1.165) is 45.3 Å². The zero-order chi connectivity index (χ0) is 20.8. The number of aromatic nitrogens is 1. The van der Waals surface area contributed by atoms with Crippen LogP contribution in [-0.4, -0.2) is 10.3 Å². The summed E-state index contributed by atoms with van der Waals surface area (Å²) in [7, 11) is 0. The Bertz CT molecular complexity index is 1190. The van der Waals surface area contributed by atoms with Crippen LogP contribution < -0.4 is 0 Å². The summed E-state index contributed by atoms with van der Waals surface area (Å²) in [6.07, 6.45) is -1.30. The van der Waals surface area contributed by atoms with Gasteiger partial charge in [0.1, 0.15) is 5.75 Å². The molecule has 0 aliphatic rings. The molecule has 0 unspecified atom stereocenters. The minimum absolute atomic E-state index is 0.162. The second-order valence-electron chi connectivity index (χ2n) is 7.23. The van der Waals surface area contributed by atoms with Gasteiger partial charge < -0.3 is 9.63 Å². The van der Waals surface area contributed by atoms with Crippen molar-refractivity contribution >= 4 is 32.4 Å². The van der Waals surface area contributed by atoms with Gasteiger partial charge in [0, 0.05) is 21.0 Å². The predicted molar refractivity (Wildman–Crippen MR) is 109 cm³/mol. The fraction of sp³-hybridized carbons (Fsp3) is 0.318. The van der Waals surface area contributed by atoms with Gasteiger partial charge in [-0.2, -0.15) is 13.2 Å². The summed E-state index contributed by atoms with van der Waals surface area (Å²) in [5, 5.41) is 15.7. The van der Waals surface area contributed by atoms with Gasteiger partial charge in [-0.05, 0) is 60.9 Å². The van der Waals surface area contributed by atoms with Crippen molar-refractivity contribution in [3.8, 4) is 5.75 Å². The van der Waals surface area contributed by atoms with Crippen molar-refractivity contribution in [2.24, 2.45) is 0 Å². The molecule has 29 heavy (non-hydrogen) atoms. The molecule has 4 rings (SSSR count). The van der Waals surface area contributed by atoms with Crippen LogP contribution in [0.2, 0.25) is 0 Å². The van der Waals surface area contributed by atoms with Gasteiger partial charge >= 0.3 is 6.18 Å². The molecular weight excluding hydrogens is 399 g/mol. The zero-order valence-corrected chi connectivity index (χ0v) is 16.9. The number of hydrogen-bond donors (Lipinski definition) is 1. The molecule has 0 aliphatic heterocycles. The van der Waals surface area contributed by atoms with E-state index in [1.807, 2.05) is 13.0 Å². The number of thiophene rings is 1. The van der Waals surface area contributed by atoms with Crippen molar-refractivity contribution in [1.29, 1.82) is 0 Å². The van der Waals surface area contributed by atoms with E-state index in [4.69, 9.17) is 4.52 Å². The van der Waals surface area contributed by atoms with Gasteiger partial charge in [-0.1, -0.05) is 24.6 Å². The quantitative estimate of drug-likeness (QED) is 0.386. The highest BCUT2D eigenvalue weighted by molar-refractivity contribution is 7.19. The molecule has 0 spiro atoms. The number of benzene rings is 2. The molecule has 152 valence electrons. The van der Waals surface area contributed by atoms with Crippen LogP contribution in [0.3, 0.4) is 0 Å². The molecule has 2 aromatic heterocycles. The molecule has 0 saturated carbocycles. The maximum absolute atomic E-state index is 13.1. The molecule has 2 aromatic carbocycles. The minimum atomic E-state index is -4.34. The molecule has 3 nitrogen and oxygen atoms in total. The number of phenolic OH excluding ortho intramolecular Hbond substituents is 1. The molecule has 0 bridgehead atoms. The van der Waals surface area contributed by atoms with E-state index in [9.17, 15) is 18.3 Å². The second-order valence-corrected chi connectivity index (χ2v) is 8.36. The van der Waals surface area contributed by atoms with E-state index < -0.39 is 11.7 Å². The number of nitrogens with zero attached hydrogens (tertiary/aromatic N) is 1. The molecular formula is C22H20F3NO2S. The Kier molecular flexibility index (Phi) is 5.02. The van der Waals surface area contributed by atoms with E-state index >= 15 is 0 Å². The Morgan fingerprint density at radius 2 is 1.86 bits per heavy atom. The lowest BCUT2D eigenvalue weighted by atomic mass is 10.0. The van der Waals surface area contributed by atoms with E-state index in [1.165, 1.54) is 23.5 Å². The number of aryl methyl sites for hydroxylation is 4. The van der Waals surface area contributed by atoms with Crippen molar-refractivity contribution in [3.05, 3.63) is 57.6 Å². The molecule has 0 amide bonds. The topological polar surface area (TPSA) is 46.3 Å². The summed E-state index contributed by atoms with van der Waals surface area (Å²) in [4.78, 5) is 1.09. The van der Waals surface area contributed by atoms with Crippen LogP contribution in [0.1, 0.15) is 40.6 Å². The maximum Gasteiger partial charge on any atom is 0.416 e. The number of rotatable bonds is 5. The normalized spacial score (nSPS) is 12.3. The van der Waals surface area contributed by atoms with Gasteiger partial charge in [0.15, 0.2) is 5.58 Å². The van der Waals surface area contributed by atoms with Crippen molar-refractivity contribution in [2.45, 2.75) is 45.7 Å². The summed E-state index contributed by atoms with van der Waals surface area (Å²) in [5.74, 6) is 0.162. The van der Waals surface area contributed by atoms with Gasteiger partial charge in [-0.15, -0.1) is 11.3 Å². The highest BCUT2D eigenvalue weighted by Gasteiger charge is 2.31. The maximum atomic E-state index is 13.1. The fourth-order valence-corrected chi connectivity index (χ4v) is 4.94. The van der Waals surface area contributed by atoms with Crippen LogP contribution in [0.25, 0.3) is 21.1 Å². The average molecular weight is 419 g/mol. The number of alkyl halides is 3. The van der Waals surface area contributed by atoms with E-state index in [1.54, 1.807) is 12.1 Å². The highest BCUT2D eigenvalue weighted by Crippen LogP contribution is 2.38. The SMILES string of the molecule is CCCc1c(CCc2noc3cc(O)c(C)cc23)sc2cc(C(F)(F)F)ccc12. The molecule has 1 N–H and O–H groups in total. The average Bonchev–Trinajstić information content (AvgIpc) is 3.21. The van der Waals surface area contributed by atoms with E-state index in [-0.39, 0.29) is 5.75 Å². The molecule has 0 fully saturated rings. The summed E-state index contributed by atoms with van der Waals surface area (Å²) in [6.45, 7) is 3.88. The van der Waals surface area contributed by atoms with Crippen LogP contribution in [0, 0.1) is 6.92 Å². The minimum Gasteiger partial charge on any atom is -0.508 e. The Morgan fingerprint density at radius 1 is 1.07 bits per heavy atom. The first-order chi connectivity index (χ1) is 13.8. The fourth-order valence-electron chi connectivity index (χ4n) is 3.65. The molecule has 0 saturated heterocycles. The highest BCUT2D eigenvalue weighted by atomic mass is 32.1. The van der Waals surface area contributed by atoms with Crippen LogP contribution in [-0.2, 0) is 25.4 Å². The largest absolute Gasteiger partial charge is 0.508 e. The standard InChI is InChI=1S/C22H20F3NO2S/c1-3-4-14-15-6-5-13(22(23,24)25)10-21(15)29-20(14)8-7-17-16-9-12(2)18(27)11-19(16)28-26-17/h5-6,9-11,27H,3-4,7-8H2,1-2H3. The van der Waals surface area contributed by atoms with Gasteiger partial charge in [-0.25, -0.2) is 0 Å². The molecule has 4 aromatic rings. The Labute approximate surface area is 169 Å². The van der Waals surface area contributed by atoms with Crippen LogP contribution in [0.15, 0.2) is 34.9 Å². The Morgan fingerprint density at radius 3 is 2.59 bits per heavy atom. The lowest BCUT2D eigenvalue weighted by Crippen LogP contribution is -2.03. The van der Waals surface area contributed by atoms with Crippen LogP contribution in [0.5, 0.6) is 5.75 Å². The number of halogens is 3. The molecule has 2 heterocycles. The number of hydrogen-bond acceptors (Lipinski definition) is 4. The third kappa shape index (κ3) is 3.71. The molecule has 0 atom stereocenters. The summed E-state index contributed by atoms with van der Waals surface area (Å²) < 4.78 is 45.2. The second kappa shape index (κ2) is 7.37. The monoisotopic (exact) mass is 419 g/mol. The first-order valence-electron chi connectivity index (χ1n) is 9.47. The van der Waals surface area contributed by atoms with Crippen LogP contribution in [0.4, 0.5) is 13.2 Å². The summed E-state index contributed by atoms with van der Waals surface area (Å²) >= 11 is 1.43. The number of aromatic hydroxyl groups is 1. The lowest BCUT2D eigenvalue weighted by molar-refractivity contribution is -0.137.